The Morgan fingerprint density at radius 3 is 2.29 bits per heavy atom. The van der Waals surface area contributed by atoms with Crippen LogP contribution in [-0.2, 0) is 9.59 Å². The number of aromatic nitrogens is 2. The number of allylic oxidation sites excluding steroid dienone is 1. The van der Waals surface area contributed by atoms with Crippen molar-refractivity contribution in [2.24, 2.45) is 11.8 Å². The molecular formula is C28H42N6O4. The zero-order valence-corrected chi connectivity index (χ0v) is 23.3. The highest BCUT2D eigenvalue weighted by atomic mass is 16.5. The average molecular weight is 527 g/mol. The number of hydrogen-bond donors (Lipinski definition) is 5. The van der Waals surface area contributed by atoms with E-state index in [0.717, 1.165) is 29.8 Å². The summed E-state index contributed by atoms with van der Waals surface area (Å²) in [5.74, 6) is -1.27. The minimum atomic E-state index is -0.899. The second-order valence-corrected chi connectivity index (χ2v) is 9.02. The van der Waals surface area contributed by atoms with E-state index in [1.165, 1.54) is 0 Å². The third-order valence-electron chi connectivity index (χ3n) is 6.01. The van der Waals surface area contributed by atoms with Crippen LogP contribution in [0, 0.1) is 11.8 Å². The first-order valence-corrected chi connectivity index (χ1v) is 13.4. The van der Waals surface area contributed by atoms with Crippen molar-refractivity contribution in [1.82, 2.24) is 20.8 Å². The predicted molar refractivity (Wildman–Crippen MR) is 150 cm³/mol. The molecule has 0 aliphatic heterocycles. The quantitative estimate of drug-likeness (QED) is 0.255. The number of rotatable bonds is 11. The topological polar surface area (TPSA) is 138 Å². The first-order valence-electron chi connectivity index (χ1n) is 13.4. The number of nitrogens with zero attached hydrogens (tertiary/aromatic N) is 2. The lowest BCUT2D eigenvalue weighted by molar-refractivity contribution is -0.147. The first kappa shape index (κ1) is 30.6. The zero-order valence-electron chi connectivity index (χ0n) is 23.3. The highest BCUT2D eigenvalue weighted by Gasteiger charge is 2.35. The summed E-state index contributed by atoms with van der Waals surface area (Å²) < 4.78 is 5.65. The van der Waals surface area contributed by atoms with E-state index in [1.54, 1.807) is 19.4 Å². The first-order chi connectivity index (χ1) is 18.3. The Bertz CT molecular complexity index is 1070. The Hall–Kier alpha value is -3.66. The summed E-state index contributed by atoms with van der Waals surface area (Å²) in [4.78, 5) is 33.1. The minimum absolute atomic E-state index is 0.00983. The van der Waals surface area contributed by atoms with Gasteiger partial charge in [-0.25, -0.2) is 5.43 Å². The number of carbonyl (C=O) groups is 2. The standard InChI is InChI=1S/C26H36N6O4.C2H6/c1-5-21(30-22-14-28-15-23(31-22)36-16(2)3)24(32-27-4)17-10-12-18(13-11-17)29-25(33)19-8-6-7-9-20(19)26(34)35;1-2/h10-16,19-20,27,32H,5-9H2,1-4H3,(H,29,33)(H,30,31)(H,34,35);1-2H3/b24-21+;. The average Bonchev–Trinajstić information content (AvgIpc) is 2.92. The summed E-state index contributed by atoms with van der Waals surface area (Å²) in [6, 6.07) is 7.42. The highest BCUT2D eigenvalue weighted by Crippen LogP contribution is 2.31. The molecule has 1 amide bonds. The Morgan fingerprint density at radius 2 is 1.71 bits per heavy atom. The molecule has 1 heterocycles. The Kier molecular flexibility index (Phi) is 12.5. The van der Waals surface area contributed by atoms with Crippen LogP contribution >= 0.6 is 0 Å². The molecule has 10 nitrogen and oxygen atoms in total. The molecule has 1 saturated carbocycles. The van der Waals surface area contributed by atoms with Crippen LogP contribution in [0.1, 0.15) is 72.3 Å². The van der Waals surface area contributed by atoms with E-state index in [0.29, 0.717) is 36.6 Å². The third-order valence-corrected chi connectivity index (χ3v) is 6.01. The summed E-state index contributed by atoms with van der Waals surface area (Å²) in [5.41, 5.74) is 9.36. The summed E-state index contributed by atoms with van der Waals surface area (Å²) in [5, 5.41) is 15.7. The van der Waals surface area contributed by atoms with Crippen molar-refractivity contribution in [3.05, 3.63) is 47.9 Å². The molecule has 208 valence electrons. The van der Waals surface area contributed by atoms with E-state index >= 15 is 0 Å². The largest absolute Gasteiger partial charge is 0.481 e. The van der Waals surface area contributed by atoms with Gasteiger partial charge < -0.3 is 25.9 Å². The number of hydrogen-bond acceptors (Lipinski definition) is 8. The number of hydrazine groups is 1. The zero-order chi connectivity index (χ0) is 28.1. The second-order valence-electron chi connectivity index (χ2n) is 9.02. The molecule has 1 aliphatic rings. The Balaban J connectivity index is 0.00000247. The molecule has 2 atom stereocenters. The number of ether oxygens (including phenoxy) is 1. The Morgan fingerprint density at radius 1 is 1.05 bits per heavy atom. The molecule has 5 N–H and O–H groups in total. The minimum Gasteiger partial charge on any atom is -0.481 e. The van der Waals surface area contributed by atoms with Gasteiger partial charge in [0.15, 0.2) is 5.82 Å². The summed E-state index contributed by atoms with van der Waals surface area (Å²) in [6.07, 6.45) is 6.73. The van der Waals surface area contributed by atoms with E-state index < -0.39 is 17.8 Å². The monoisotopic (exact) mass is 526 g/mol. The fourth-order valence-electron chi connectivity index (χ4n) is 4.33. The summed E-state index contributed by atoms with van der Waals surface area (Å²) in [6.45, 7) is 9.89. The fraction of sp³-hybridized carbons (Fsp3) is 0.500. The van der Waals surface area contributed by atoms with Crippen LogP contribution in [0.15, 0.2) is 42.4 Å². The maximum atomic E-state index is 12.8. The van der Waals surface area contributed by atoms with Crippen molar-refractivity contribution in [3.8, 4) is 5.88 Å². The number of carboxylic acids is 1. The van der Waals surface area contributed by atoms with Crippen LogP contribution in [0.2, 0.25) is 0 Å². The lowest BCUT2D eigenvalue weighted by Gasteiger charge is -2.27. The van der Waals surface area contributed by atoms with Gasteiger partial charge in [-0.15, -0.1) is 0 Å². The van der Waals surface area contributed by atoms with Gasteiger partial charge in [0.1, 0.15) is 0 Å². The van der Waals surface area contributed by atoms with Crippen molar-refractivity contribution in [1.29, 1.82) is 0 Å². The van der Waals surface area contributed by atoms with Crippen LogP contribution < -0.4 is 26.2 Å². The predicted octanol–water partition coefficient (Wildman–Crippen LogP) is 5.03. The maximum Gasteiger partial charge on any atom is 0.307 e. The molecular weight excluding hydrogens is 484 g/mol. The SMILES string of the molecule is CC.CC/C(Nc1cncc(OC(C)C)n1)=C(\NNC)c1ccc(NC(=O)C2CCCCC2C(=O)O)cc1. The van der Waals surface area contributed by atoms with Crippen molar-refractivity contribution in [3.63, 3.8) is 0 Å². The molecule has 1 aromatic carbocycles. The van der Waals surface area contributed by atoms with Gasteiger partial charge in [0.25, 0.3) is 0 Å². The second kappa shape index (κ2) is 15.6. The number of carboxylic acid groups (broad SMARTS) is 1. The highest BCUT2D eigenvalue weighted by molar-refractivity contribution is 5.95. The number of nitrogens with one attached hydrogen (secondary N) is 4. The van der Waals surface area contributed by atoms with Crippen molar-refractivity contribution < 1.29 is 19.4 Å². The van der Waals surface area contributed by atoms with Crippen LogP contribution in [-0.4, -0.2) is 40.1 Å². The van der Waals surface area contributed by atoms with Crippen LogP contribution in [0.5, 0.6) is 5.88 Å². The van der Waals surface area contributed by atoms with Gasteiger partial charge >= 0.3 is 5.97 Å². The number of anilines is 2. The molecule has 10 heteroatoms. The van der Waals surface area contributed by atoms with Gasteiger partial charge in [0, 0.05) is 24.0 Å². The molecule has 1 aromatic heterocycles. The van der Waals surface area contributed by atoms with E-state index in [2.05, 4.69) is 31.5 Å². The van der Waals surface area contributed by atoms with Crippen LogP contribution in [0.3, 0.4) is 0 Å². The van der Waals surface area contributed by atoms with Gasteiger partial charge in [-0.2, -0.15) is 4.98 Å². The molecule has 2 unspecified atom stereocenters. The van der Waals surface area contributed by atoms with Gasteiger partial charge in [-0.1, -0.05) is 45.7 Å². The molecule has 0 spiro atoms. The molecule has 38 heavy (non-hydrogen) atoms. The molecule has 0 bridgehead atoms. The molecule has 3 rings (SSSR count). The number of benzene rings is 1. The molecule has 0 saturated heterocycles. The lowest BCUT2D eigenvalue weighted by atomic mass is 9.78. The van der Waals surface area contributed by atoms with E-state index in [4.69, 9.17) is 4.74 Å². The number of aliphatic carboxylic acids is 1. The van der Waals surface area contributed by atoms with Crippen LogP contribution in [0.4, 0.5) is 11.5 Å². The number of amides is 1. The molecule has 1 fully saturated rings. The maximum absolute atomic E-state index is 12.8. The van der Waals surface area contributed by atoms with Gasteiger partial charge in [0.2, 0.25) is 11.8 Å². The number of carbonyl (C=O) groups excluding carboxylic acids is 1. The lowest BCUT2D eigenvalue weighted by Crippen LogP contribution is -2.36. The summed E-state index contributed by atoms with van der Waals surface area (Å²) >= 11 is 0. The van der Waals surface area contributed by atoms with E-state index in [-0.39, 0.29) is 12.0 Å². The summed E-state index contributed by atoms with van der Waals surface area (Å²) in [7, 11) is 1.78. The van der Waals surface area contributed by atoms with Gasteiger partial charge in [-0.05, 0) is 45.2 Å². The fourth-order valence-corrected chi connectivity index (χ4v) is 4.33. The van der Waals surface area contributed by atoms with Crippen molar-refractivity contribution in [2.75, 3.05) is 17.7 Å². The smallest absolute Gasteiger partial charge is 0.307 e. The van der Waals surface area contributed by atoms with E-state index in [9.17, 15) is 14.7 Å². The van der Waals surface area contributed by atoms with E-state index in [1.807, 2.05) is 58.9 Å². The van der Waals surface area contributed by atoms with Crippen molar-refractivity contribution >= 4 is 29.1 Å². The molecule has 1 aliphatic carbocycles. The van der Waals surface area contributed by atoms with Crippen LogP contribution in [0.25, 0.3) is 5.70 Å². The third kappa shape index (κ3) is 8.72. The van der Waals surface area contributed by atoms with Crippen molar-refractivity contribution in [2.45, 2.75) is 72.8 Å². The normalized spacial score (nSPS) is 17.4. The van der Waals surface area contributed by atoms with Gasteiger partial charge in [-0.3, -0.25) is 14.6 Å². The molecule has 2 aromatic rings. The Labute approximate surface area is 225 Å². The molecule has 0 radical (unpaired) electrons. The van der Waals surface area contributed by atoms with Gasteiger partial charge in [0.05, 0.1) is 36.0 Å².